The Hall–Kier alpha value is -1.70. The van der Waals surface area contributed by atoms with E-state index >= 15 is 0 Å². The lowest BCUT2D eigenvalue weighted by Crippen LogP contribution is -2.47. The maximum atomic E-state index is 13.4. The number of hydrogen-bond acceptors (Lipinski definition) is 2. The number of carbonyl (C=O) groups excluding carboxylic acids is 1. The van der Waals surface area contributed by atoms with Crippen molar-refractivity contribution in [3.8, 4) is 0 Å². The molecular formula is C14H15BrF2N2O3. The highest BCUT2D eigenvalue weighted by molar-refractivity contribution is 9.10. The number of carboxylic acids is 1. The third kappa shape index (κ3) is 3.73. The van der Waals surface area contributed by atoms with Crippen molar-refractivity contribution in [2.24, 2.45) is 11.8 Å². The van der Waals surface area contributed by atoms with Gasteiger partial charge in [-0.3, -0.25) is 4.79 Å². The lowest BCUT2D eigenvalue weighted by atomic mass is 9.91. The van der Waals surface area contributed by atoms with E-state index in [0.717, 1.165) is 6.07 Å². The van der Waals surface area contributed by atoms with Gasteiger partial charge < -0.3 is 15.3 Å². The lowest BCUT2D eigenvalue weighted by Gasteiger charge is -2.34. The summed E-state index contributed by atoms with van der Waals surface area (Å²) in [6.07, 6.45) is 0.497. The lowest BCUT2D eigenvalue weighted by molar-refractivity contribution is -0.143. The first kappa shape index (κ1) is 16.7. The zero-order chi connectivity index (χ0) is 16.4. The molecule has 2 atom stereocenters. The van der Waals surface area contributed by atoms with Crippen molar-refractivity contribution in [2.75, 3.05) is 18.4 Å². The number of piperidine rings is 1. The number of urea groups is 1. The Kier molecular flexibility index (Phi) is 5.00. The van der Waals surface area contributed by atoms with E-state index in [2.05, 4.69) is 21.2 Å². The topological polar surface area (TPSA) is 69.6 Å². The Balaban J connectivity index is 2.13. The van der Waals surface area contributed by atoms with Gasteiger partial charge in [-0.25, -0.2) is 13.6 Å². The predicted molar refractivity (Wildman–Crippen MR) is 79.6 cm³/mol. The van der Waals surface area contributed by atoms with Gasteiger partial charge in [-0.1, -0.05) is 6.92 Å². The molecule has 1 heterocycles. The van der Waals surface area contributed by atoms with Crippen LogP contribution < -0.4 is 5.32 Å². The van der Waals surface area contributed by atoms with Crippen LogP contribution in [0.5, 0.6) is 0 Å². The number of rotatable bonds is 2. The molecule has 0 saturated carbocycles. The van der Waals surface area contributed by atoms with E-state index in [1.165, 1.54) is 4.90 Å². The largest absolute Gasteiger partial charge is 0.481 e. The number of carbonyl (C=O) groups is 2. The third-order valence-corrected chi connectivity index (χ3v) is 4.34. The predicted octanol–water partition coefficient (Wildman–Crippen LogP) is 3.30. The third-order valence-electron chi connectivity index (χ3n) is 3.53. The number of carboxylic acid groups (broad SMARTS) is 1. The molecule has 8 heteroatoms. The molecule has 5 nitrogen and oxygen atoms in total. The van der Waals surface area contributed by atoms with Crippen LogP contribution in [0.15, 0.2) is 16.6 Å². The molecule has 0 bridgehead atoms. The summed E-state index contributed by atoms with van der Waals surface area (Å²) in [6, 6.07) is 1.11. The average Bonchev–Trinajstić information content (AvgIpc) is 2.43. The maximum absolute atomic E-state index is 13.4. The van der Waals surface area contributed by atoms with Gasteiger partial charge in [0.2, 0.25) is 0 Å². The SMILES string of the molecule is CC1CC(C(=O)O)CN(C(=O)Nc2cc(F)cc(F)c2Br)C1. The van der Waals surface area contributed by atoms with Gasteiger partial charge in [0, 0.05) is 19.2 Å². The van der Waals surface area contributed by atoms with E-state index < -0.39 is 29.6 Å². The first-order valence-corrected chi connectivity index (χ1v) is 7.50. The molecule has 1 aliphatic heterocycles. The quantitative estimate of drug-likeness (QED) is 0.778. The summed E-state index contributed by atoms with van der Waals surface area (Å²) in [5, 5.41) is 11.5. The monoisotopic (exact) mass is 376 g/mol. The summed E-state index contributed by atoms with van der Waals surface area (Å²) in [6.45, 7) is 2.32. The molecule has 0 aliphatic carbocycles. The highest BCUT2D eigenvalue weighted by Gasteiger charge is 2.32. The first-order chi connectivity index (χ1) is 10.3. The van der Waals surface area contributed by atoms with Crippen molar-refractivity contribution in [1.29, 1.82) is 0 Å². The second-order valence-electron chi connectivity index (χ2n) is 5.46. The van der Waals surface area contributed by atoms with Gasteiger partial charge in [0.05, 0.1) is 16.1 Å². The smallest absolute Gasteiger partial charge is 0.321 e. The number of halogens is 3. The van der Waals surface area contributed by atoms with Crippen LogP contribution in [0.2, 0.25) is 0 Å². The van der Waals surface area contributed by atoms with Gasteiger partial charge >= 0.3 is 12.0 Å². The Morgan fingerprint density at radius 1 is 1.36 bits per heavy atom. The van der Waals surface area contributed by atoms with Crippen LogP contribution in [0.25, 0.3) is 0 Å². The number of nitrogens with one attached hydrogen (secondary N) is 1. The van der Waals surface area contributed by atoms with Gasteiger partial charge in [0.15, 0.2) is 0 Å². The van der Waals surface area contributed by atoms with Gasteiger partial charge in [0.1, 0.15) is 11.6 Å². The standard InChI is InChI=1S/C14H15BrF2N2O3/c1-7-2-8(13(20)21)6-19(5-7)14(22)18-11-4-9(16)3-10(17)12(11)15/h3-4,7-8H,2,5-6H2,1H3,(H,18,22)(H,20,21). The summed E-state index contributed by atoms with van der Waals surface area (Å²) < 4.78 is 26.6. The molecule has 120 valence electrons. The average molecular weight is 377 g/mol. The molecule has 2 unspecified atom stereocenters. The minimum Gasteiger partial charge on any atom is -0.481 e. The van der Waals surface area contributed by atoms with Gasteiger partial charge in [-0.15, -0.1) is 0 Å². The number of likely N-dealkylation sites (tertiary alicyclic amines) is 1. The van der Waals surface area contributed by atoms with Gasteiger partial charge in [-0.05, 0) is 34.3 Å². The number of nitrogens with zero attached hydrogens (tertiary/aromatic N) is 1. The van der Waals surface area contributed by atoms with Crippen molar-refractivity contribution >= 4 is 33.6 Å². The second kappa shape index (κ2) is 6.60. The minimum absolute atomic E-state index is 0.0346. The highest BCUT2D eigenvalue weighted by atomic mass is 79.9. The van der Waals surface area contributed by atoms with Gasteiger partial charge in [-0.2, -0.15) is 0 Å². The van der Waals surface area contributed by atoms with Gasteiger partial charge in [0.25, 0.3) is 0 Å². The molecule has 1 aromatic carbocycles. The van der Waals surface area contributed by atoms with E-state index in [1.54, 1.807) is 0 Å². The normalized spacial score (nSPS) is 21.5. The summed E-state index contributed by atoms with van der Waals surface area (Å²) in [5.41, 5.74) is -0.0346. The number of hydrogen-bond donors (Lipinski definition) is 2. The molecule has 1 saturated heterocycles. The molecule has 2 N–H and O–H groups in total. The van der Waals surface area contributed by atoms with E-state index in [-0.39, 0.29) is 22.6 Å². The highest BCUT2D eigenvalue weighted by Crippen LogP contribution is 2.28. The summed E-state index contributed by atoms with van der Waals surface area (Å²) in [7, 11) is 0. The van der Waals surface area contributed by atoms with E-state index in [9.17, 15) is 18.4 Å². The Morgan fingerprint density at radius 3 is 2.68 bits per heavy atom. The van der Waals surface area contributed by atoms with E-state index in [1.807, 2.05) is 6.92 Å². The molecule has 2 rings (SSSR count). The molecule has 22 heavy (non-hydrogen) atoms. The van der Waals surface area contributed by atoms with Crippen LogP contribution in [0.4, 0.5) is 19.3 Å². The van der Waals surface area contributed by atoms with Crippen LogP contribution in [0, 0.1) is 23.5 Å². The van der Waals surface area contributed by atoms with Crippen molar-refractivity contribution in [2.45, 2.75) is 13.3 Å². The molecule has 0 spiro atoms. The van der Waals surface area contributed by atoms with Crippen molar-refractivity contribution < 1.29 is 23.5 Å². The number of anilines is 1. The van der Waals surface area contributed by atoms with Crippen molar-refractivity contribution in [1.82, 2.24) is 4.90 Å². The number of amides is 2. The fourth-order valence-electron chi connectivity index (χ4n) is 2.54. The zero-order valence-corrected chi connectivity index (χ0v) is 13.4. The summed E-state index contributed by atoms with van der Waals surface area (Å²) in [5.74, 6) is -3.20. The molecule has 0 aromatic heterocycles. The van der Waals surface area contributed by atoms with E-state index in [4.69, 9.17) is 5.11 Å². The second-order valence-corrected chi connectivity index (χ2v) is 6.25. The Morgan fingerprint density at radius 2 is 2.05 bits per heavy atom. The molecular weight excluding hydrogens is 362 g/mol. The number of aliphatic carboxylic acids is 1. The fourth-order valence-corrected chi connectivity index (χ4v) is 2.87. The van der Waals surface area contributed by atoms with E-state index in [0.29, 0.717) is 19.0 Å². The fraction of sp³-hybridized carbons (Fsp3) is 0.429. The van der Waals surface area contributed by atoms with Crippen LogP contribution in [0.3, 0.4) is 0 Å². The molecule has 1 aliphatic rings. The maximum Gasteiger partial charge on any atom is 0.321 e. The molecule has 2 amide bonds. The van der Waals surface area contributed by atoms with Crippen LogP contribution in [-0.2, 0) is 4.79 Å². The zero-order valence-electron chi connectivity index (χ0n) is 11.8. The Labute approximate surface area is 134 Å². The summed E-state index contributed by atoms with van der Waals surface area (Å²) in [4.78, 5) is 24.7. The van der Waals surface area contributed by atoms with Crippen LogP contribution >= 0.6 is 15.9 Å². The van der Waals surface area contributed by atoms with Crippen LogP contribution in [0.1, 0.15) is 13.3 Å². The van der Waals surface area contributed by atoms with Crippen LogP contribution in [-0.4, -0.2) is 35.1 Å². The summed E-state index contributed by atoms with van der Waals surface area (Å²) >= 11 is 2.94. The first-order valence-electron chi connectivity index (χ1n) is 6.71. The molecule has 1 fully saturated rings. The van der Waals surface area contributed by atoms with Crippen molar-refractivity contribution in [3.05, 3.63) is 28.2 Å². The van der Waals surface area contributed by atoms with Crippen molar-refractivity contribution in [3.63, 3.8) is 0 Å². The molecule has 0 radical (unpaired) electrons. The Bertz CT molecular complexity index is 612. The molecule has 1 aromatic rings. The number of benzene rings is 1. The minimum atomic E-state index is -0.956.